The molecule has 1 aromatic rings. The van der Waals surface area contributed by atoms with Gasteiger partial charge in [0, 0.05) is 30.7 Å². The average Bonchev–Trinajstić information content (AvgIpc) is 3.07. The molecule has 0 aliphatic heterocycles. The molecular formula is C14H21NO4. The van der Waals surface area contributed by atoms with Crippen LogP contribution in [-0.4, -0.2) is 31.3 Å². The first kappa shape index (κ1) is 14.1. The largest absolute Gasteiger partial charge is 0.463 e. The van der Waals surface area contributed by atoms with E-state index in [1.54, 1.807) is 6.07 Å². The van der Waals surface area contributed by atoms with Gasteiger partial charge < -0.3 is 19.6 Å². The van der Waals surface area contributed by atoms with E-state index in [4.69, 9.17) is 4.42 Å². The molecule has 106 valence electrons. The Morgan fingerprint density at radius 1 is 1.53 bits per heavy atom. The Morgan fingerprint density at radius 2 is 2.26 bits per heavy atom. The number of furan rings is 1. The molecule has 0 unspecified atom stereocenters. The van der Waals surface area contributed by atoms with Crippen LogP contribution in [0.25, 0.3) is 0 Å². The Labute approximate surface area is 112 Å². The number of aliphatic hydroxyl groups is 1. The Hall–Kier alpha value is -1.33. The molecule has 1 aliphatic carbocycles. The highest BCUT2D eigenvalue weighted by Gasteiger charge is 2.32. The molecule has 0 bridgehead atoms. The maximum Gasteiger partial charge on any atom is 0.374 e. The Balaban J connectivity index is 1.89. The third kappa shape index (κ3) is 3.16. The fourth-order valence-corrected chi connectivity index (χ4v) is 2.72. The zero-order chi connectivity index (χ0) is 13.7. The van der Waals surface area contributed by atoms with Gasteiger partial charge in [-0.2, -0.15) is 0 Å². The summed E-state index contributed by atoms with van der Waals surface area (Å²) >= 11 is 0. The van der Waals surface area contributed by atoms with Gasteiger partial charge in [0.05, 0.1) is 13.4 Å². The van der Waals surface area contributed by atoms with Crippen molar-refractivity contribution in [2.45, 2.75) is 32.2 Å². The lowest BCUT2D eigenvalue weighted by atomic mass is 9.87. The number of rotatable bonds is 6. The Kier molecular flexibility index (Phi) is 4.61. The molecule has 1 fully saturated rings. The van der Waals surface area contributed by atoms with Crippen LogP contribution in [0, 0.1) is 5.41 Å². The molecule has 19 heavy (non-hydrogen) atoms. The Bertz CT molecular complexity index is 421. The van der Waals surface area contributed by atoms with E-state index in [9.17, 15) is 9.90 Å². The van der Waals surface area contributed by atoms with Crippen molar-refractivity contribution >= 4 is 5.97 Å². The average molecular weight is 267 g/mol. The zero-order valence-electron chi connectivity index (χ0n) is 11.3. The number of nitrogens with one attached hydrogen (secondary N) is 1. The Morgan fingerprint density at radius 3 is 2.89 bits per heavy atom. The van der Waals surface area contributed by atoms with Crippen LogP contribution in [0.2, 0.25) is 0 Å². The maximum atomic E-state index is 11.5. The van der Waals surface area contributed by atoms with Crippen molar-refractivity contribution in [3.63, 3.8) is 0 Å². The third-order valence-electron chi connectivity index (χ3n) is 3.93. The van der Waals surface area contributed by atoms with Crippen LogP contribution in [0.3, 0.4) is 0 Å². The highest BCUT2D eigenvalue weighted by atomic mass is 16.5. The summed E-state index contributed by atoms with van der Waals surface area (Å²) in [6.07, 6.45) is 5.97. The summed E-state index contributed by atoms with van der Waals surface area (Å²) < 4.78 is 9.78. The molecule has 1 heterocycles. The molecule has 0 aromatic carbocycles. The fraction of sp³-hybridized carbons (Fsp3) is 0.643. The van der Waals surface area contributed by atoms with Crippen molar-refractivity contribution in [1.29, 1.82) is 0 Å². The summed E-state index contributed by atoms with van der Waals surface area (Å²) in [6.45, 7) is 1.52. The van der Waals surface area contributed by atoms with Gasteiger partial charge in [0.25, 0.3) is 0 Å². The lowest BCUT2D eigenvalue weighted by Gasteiger charge is -2.26. The molecule has 0 saturated heterocycles. The minimum atomic E-state index is -0.459. The summed E-state index contributed by atoms with van der Waals surface area (Å²) in [7, 11) is 1.33. The third-order valence-corrected chi connectivity index (χ3v) is 3.93. The molecule has 1 aliphatic rings. The van der Waals surface area contributed by atoms with Gasteiger partial charge >= 0.3 is 5.97 Å². The van der Waals surface area contributed by atoms with Crippen molar-refractivity contribution in [1.82, 2.24) is 5.32 Å². The van der Waals surface area contributed by atoms with Gasteiger partial charge in [0.2, 0.25) is 5.76 Å². The van der Waals surface area contributed by atoms with Crippen LogP contribution in [0.15, 0.2) is 16.7 Å². The molecule has 0 amide bonds. The standard InChI is InChI=1S/C14H21NO4/c1-18-13(17)12-11(4-7-19-12)8-15-9-14(10-16)5-2-3-6-14/h4,7,15-16H,2-3,5-6,8-10H2,1H3. The van der Waals surface area contributed by atoms with Crippen LogP contribution in [0.1, 0.15) is 41.8 Å². The van der Waals surface area contributed by atoms with E-state index in [0.717, 1.165) is 24.9 Å². The van der Waals surface area contributed by atoms with Crippen molar-refractivity contribution in [3.05, 3.63) is 23.7 Å². The number of hydrogen-bond donors (Lipinski definition) is 2. The first-order valence-corrected chi connectivity index (χ1v) is 6.67. The van der Waals surface area contributed by atoms with Crippen LogP contribution in [0.5, 0.6) is 0 Å². The van der Waals surface area contributed by atoms with Crippen LogP contribution in [-0.2, 0) is 11.3 Å². The number of hydrogen-bond acceptors (Lipinski definition) is 5. The predicted octanol–water partition coefficient (Wildman–Crippen LogP) is 1.71. The second kappa shape index (κ2) is 6.21. The molecule has 2 N–H and O–H groups in total. The monoisotopic (exact) mass is 267 g/mol. The van der Waals surface area contributed by atoms with Crippen molar-refractivity contribution in [2.24, 2.45) is 5.41 Å². The van der Waals surface area contributed by atoms with Gasteiger partial charge in [0.1, 0.15) is 0 Å². The number of carbonyl (C=O) groups excluding carboxylic acids is 1. The number of carbonyl (C=O) groups is 1. The smallest absolute Gasteiger partial charge is 0.374 e. The first-order chi connectivity index (χ1) is 9.21. The summed E-state index contributed by atoms with van der Waals surface area (Å²) in [4.78, 5) is 11.5. The summed E-state index contributed by atoms with van der Waals surface area (Å²) in [5.74, 6) is -0.209. The van der Waals surface area contributed by atoms with Gasteiger partial charge in [-0.3, -0.25) is 0 Å². The molecule has 0 atom stereocenters. The fourth-order valence-electron chi connectivity index (χ4n) is 2.72. The molecule has 0 radical (unpaired) electrons. The van der Waals surface area contributed by atoms with Gasteiger partial charge in [0.15, 0.2) is 0 Å². The highest BCUT2D eigenvalue weighted by molar-refractivity contribution is 5.87. The molecule has 0 spiro atoms. The number of ether oxygens (including phenoxy) is 1. The van der Waals surface area contributed by atoms with Crippen LogP contribution >= 0.6 is 0 Å². The van der Waals surface area contributed by atoms with Gasteiger partial charge in [-0.25, -0.2) is 4.79 Å². The molecule has 5 heteroatoms. The van der Waals surface area contributed by atoms with Crippen molar-refractivity contribution in [2.75, 3.05) is 20.3 Å². The lowest BCUT2D eigenvalue weighted by molar-refractivity contribution is 0.0563. The molecule has 5 nitrogen and oxygen atoms in total. The lowest BCUT2D eigenvalue weighted by Crippen LogP contribution is -2.35. The first-order valence-electron chi connectivity index (χ1n) is 6.67. The van der Waals surface area contributed by atoms with E-state index in [2.05, 4.69) is 10.1 Å². The second-order valence-electron chi connectivity index (χ2n) is 5.24. The zero-order valence-corrected chi connectivity index (χ0v) is 11.3. The minimum Gasteiger partial charge on any atom is -0.463 e. The van der Waals surface area contributed by atoms with Crippen LogP contribution < -0.4 is 5.32 Å². The maximum absolute atomic E-state index is 11.5. The van der Waals surface area contributed by atoms with E-state index in [1.165, 1.54) is 26.2 Å². The van der Waals surface area contributed by atoms with Crippen molar-refractivity contribution in [3.8, 4) is 0 Å². The highest BCUT2D eigenvalue weighted by Crippen LogP contribution is 2.36. The SMILES string of the molecule is COC(=O)c1occc1CNCC1(CO)CCCC1. The minimum absolute atomic E-state index is 0.00909. The molecule has 2 rings (SSSR count). The summed E-state index contributed by atoms with van der Waals surface area (Å²) in [5.41, 5.74) is 0.799. The van der Waals surface area contributed by atoms with Crippen molar-refractivity contribution < 1.29 is 19.1 Å². The van der Waals surface area contributed by atoms with Crippen LogP contribution in [0.4, 0.5) is 0 Å². The van der Waals surface area contributed by atoms with Gasteiger partial charge in [-0.05, 0) is 18.9 Å². The number of methoxy groups -OCH3 is 1. The van der Waals surface area contributed by atoms with E-state index < -0.39 is 5.97 Å². The quantitative estimate of drug-likeness (QED) is 0.768. The predicted molar refractivity (Wildman–Crippen MR) is 69.7 cm³/mol. The number of aliphatic hydroxyl groups excluding tert-OH is 1. The molecular weight excluding hydrogens is 246 g/mol. The van der Waals surface area contributed by atoms with Gasteiger partial charge in [-0.1, -0.05) is 12.8 Å². The van der Waals surface area contributed by atoms with E-state index >= 15 is 0 Å². The van der Waals surface area contributed by atoms with E-state index in [0.29, 0.717) is 6.54 Å². The summed E-state index contributed by atoms with van der Waals surface area (Å²) in [6, 6.07) is 1.76. The number of esters is 1. The molecule has 1 saturated carbocycles. The normalized spacial score (nSPS) is 17.6. The van der Waals surface area contributed by atoms with E-state index in [-0.39, 0.29) is 17.8 Å². The molecule has 1 aromatic heterocycles. The second-order valence-corrected chi connectivity index (χ2v) is 5.24. The summed E-state index contributed by atoms with van der Waals surface area (Å²) in [5, 5.41) is 12.8. The van der Waals surface area contributed by atoms with Gasteiger partial charge in [-0.15, -0.1) is 0 Å². The van der Waals surface area contributed by atoms with E-state index in [1.807, 2.05) is 0 Å². The topological polar surface area (TPSA) is 71.7 Å².